The molecule has 0 rings (SSSR count). The zero-order valence-electron chi connectivity index (χ0n) is 15.4. The molecule has 0 aromatic heterocycles. The molecule has 146 valence electrons. The Balaban J connectivity index is 4.82. The smallest absolute Gasteiger partial charge is 0.410 e. The van der Waals surface area contributed by atoms with E-state index in [1.807, 2.05) is 0 Å². The number of esters is 2. The van der Waals surface area contributed by atoms with Crippen LogP contribution in [-0.2, 0) is 28.6 Å². The van der Waals surface area contributed by atoms with Gasteiger partial charge in [0.15, 0.2) is 0 Å². The number of carbonyl (C=O) groups is 4. The summed E-state index contributed by atoms with van der Waals surface area (Å²) in [6.45, 7) is 6.64. The third-order valence-corrected chi connectivity index (χ3v) is 3.04. The summed E-state index contributed by atoms with van der Waals surface area (Å²) in [5.74, 6) is -2.10. The van der Waals surface area contributed by atoms with E-state index in [-0.39, 0.29) is 31.8 Å². The van der Waals surface area contributed by atoms with Crippen LogP contribution in [0.1, 0.15) is 47.0 Å². The normalized spacial score (nSPS) is 12.3. The molecule has 26 heavy (non-hydrogen) atoms. The number of hydrogen-bond acceptors (Lipinski definition) is 8. The fourth-order valence-corrected chi connectivity index (χ4v) is 1.67. The van der Waals surface area contributed by atoms with E-state index in [0.29, 0.717) is 0 Å². The maximum absolute atomic E-state index is 12.0. The zero-order valence-corrected chi connectivity index (χ0v) is 15.4. The second-order valence-electron chi connectivity index (χ2n) is 5.55. The SMILES string of the molecule is CCOC(=O)[C@H](CCC(=O)C=[N+]=N)NC(=O)OC(CC)OC(=O)C(C)C. The van der Waals surface area contributed by atoms with Gasteiger partial charge in [0.05, 0.1) is 22.8 Å². The standard InChI is InChI=1S/C16H25N3O7/c1-5-13(25-14(21)10(3)4)26-16(23)19-12(15(22)24-6-2)8-7-11(20)9-18-17/h9-10,12-13,17H,5-8H2,1-4H3/p+1/t12-,13?/m0/s1. The van der Waals surface area contributed by atoms with Crippen molar-refractivity contribution in [3.05, 3.63) is 0 Å². The molecule has 0 saturated heterocycles. The summed E-state index contributed by atoms with van der Waals surface area (Å²) in [6.07, 6.45) is -1.21. The molecule has 2 atom stereocenters. The molecule has 0 aliphatic carbocycles. The molecular weight excluding hydrogens is 346 g/mol. The number of Topliss-reactive ketones (excluding diaryl/α,β-unsaturated/α-hetero) is 1. The third kappa shape index (κ3) is 9.53. The molecule has 0 aromatic rings. The van der Waals surface area contributed by atoms with Gasteiger partial charge in [0.25, 0.3) is 0 Å². The third-order valence-electron chi connectivity index (χ3n) is 3.04. The highest BCUT2D eigenvalue weighted by atomic mass is 16.7. The Morgan fingerprint density at radius 3 is 2.27 bits per heavy atom. The first-order valence-corrected chi connectivity index (χ1v) is 8.31. The van der Waals surface area contributed by atoms with E-state index >= 15 is 0 Å². The van der Waals surface area contributed by atoms with Crippen LogP contribution in [0, 0.1) is 11.4 Å². The molecule has 1 unspecified atom stereocenters. The van der Waals surface area contributed by atoms with Gasteiger partial charge >= 0.3 is 24.2 Å². The van der Waals surface area contributed by atoms with Gasteiger partial charge in [0, 0.05) is 12.8 Å². The minimum absolute atomic E-state index is 0.0542. The Hall–Kier alpha value is -2.74. The van der Waals surface area contributed by atoms with Gasteiger partial charge < -0.3 is 19.5 Å². The van der Waals surface area contributed by atoms with E-state index in [2.05, 4.69) is 10.1 Å². The Kier molecular flexibility index (Phi) is 11.3. The Labute approximate surface area is 151 Å². The van der Waals surface area contributed by atoms with E-state index < -0.39 is 36.1 Å². The van der Waals surface area contributed by atoms with Gasteiger partial charge in [-0.2, -0.15) is 0 Å². The van der Waals surface area contributed by atoms with Crippen LogP contribution in [0.3, 0.4) is 0 Å². The molecule has 0 aliphatic heterocycles. The molecule has 10 nitrogen and oxygen atoms in total. The number of hydrogen-bond donors (Lipinski definition) is 2. The summed E-state index contributed by atoms with van der Waals surface area (Å²) in [6, 6.07) is -1.12. The van der Waals surface area contributed by atoms with Crippen molar-refractivity contribution >= 4 is 30.0 Å². The second kappa shape index (κ2) is 12.6. The fourth-order valence-electron chi connectivity index (χ4n) is 1.67. The lowest BCUT2D eigenvalue weighted by Gasteiger charge is -2.20. The fraction of sp³-hybridized carbons (Fsp3) is 0.688. The summed E-state index contributed by atoms with van der Waals surface area (Å²) in [7, 11) is 0. The van der Waals surface area contributed by atoms with Crippen molar-refractivity contribution in [2.24, 2.45) is 5.92 Å². The number of nitrogens with one attached hydrogen (secondary N) is 2. The van der Waals surface area contributed by atoms with E-state index in [0.717, 1.165) is 6.21 Å². The minimum atomic E-state index is -1.12. The van der Waals surface area contributed by atoms with Gasteiger partial charge in [-0.15, -0.1) is 0 Å². The number of alkyl carbamates (subject to hydrolysis) is 1. The Morgan fingerprint density at radius 1 is 1.12 bits per heavy atom. The van der Waals surface area contributed by atoms with Crippen LogP contribution in [-0.4, -0.2) is 53.8 Å². The summed E-state index contributed by atoms with van der Waals surface area (Å²) < 4.78 is 14.9. The molecule has 0 heterocycles. The average Bonchev–Trinajstić information content (AvgIpc) is 2.58. The lowest BCUT2D eigenvalue weighted by Crippen LogP contribution is -2.44. The van der Waals surface area contributed by atoms with Crippen molar-refractivity contribution in [2.75, 3.05) is 6.61 Å². The van der Waals surface area contributed by atoms with Gasteiger partial charge in [0.2, 0.25) is 12.1 Å². The molecule has 1 amide bonds. The molecule has 0 radical (unpaired) electrons. The van der Waals surface area contributed by atoms with E-state index in [4.69, 9.17) is 19.7 Å². The summed E-state index contributed by atoms with van der Waals surface area (Å²) >= 11 is 0. The zero-order chi connectivity index (χ0) is 20.1. The minimum Gasteiger partial charge on any atom is -0.464 e. The molecule has 0 fully saturated rings. The van der Waals surface area contributed by atoms with Crippen LogP contribution in [0.4, 0.5) is 4.79 Å². The number of ketones is 1. The van der Waals surface area contributed by atoms with Crippen molar-refractivity contribution in [1.82, 2.24) is 5.32 Å². The van der Waals surface area contributed by atoms with Crippen molar-refractivity contribution in [3.63, 3.8) is 0 Å². The predicted molar refractivity (Wildman–Crippen MR) is 88.3 cm³/mol. The maximum Gasteiger partial charge on any atom is 0.410 e. The van der Waals surface area contributed by atoms with Crippen molar-refractivity contribution in [3.8, 4) is 0 Å². The summed E-state index contributed by atoms with van der Waals surface area (Å²) in [5, 5.41) is 2.30. The molecule has 0 aromatic carbocycles. The largest absolute Gasteiger partial charge is 0.464 e. The van der Waals surface area contributed by atoms with Gasteiger partial charge in [-0.25, -0.2) is 9.59 Å². The number of amides is 1. The molecular formula is C16H26N3O7+. The van der Waals surface area contributed by atoms with Crippen LogP contribution in [0.2, 0.25) is 0 Å². The lowest BCUT2D eigenvalue weighted by atomic mass is 10.1. The molecule has 0 aliphatic rings. The predicted octanol–water partition coefficient (Wildman–Crippen LogP) is 1.24. The highest BCUT2D eigenvalue weighted by Gasteiger charge is 2.26. The number of carbonyl (C=O) groups excluding carboxylic acids is 4. The van der Waals surface area contributed by atoms with Crippen molar-refractivity contribution in [1.29, 1.82) is 5.53 Å². The first-order chi connectivity index (χ1) is 12.2. The maximum atomic E-state index is 12.0. The van der Waals surface area contributed by atoms with Gasteiger partial charge in [0.1, 0.15) is 6.04 Å². The van der Waals surface area contributed by atoms with Crippen molar-refractivity contribution < 1.29 is 38.2 Å². The van der Waals surface area contributed by atoms with Gasteiger partial charge in [-0.3, -0.25) is 9.59 Å². The van der Waals surface area contributed by atoms with Gasteiger partial charge in [-0.05, 0) is 13.3 Å². The molecule has 0 saturated carbocycles. The first kappa shape index (κ1) is 23.3. The van der Waals surface area contributed by atoms with Crippen LogP contribution in [0.5, 0.6) is 0 Å². The highest BCUT2D eigenvalue weighted by molar-refractivity contribution is 6.25. The summed E-state index contributed by atoms with van der Waals surface area (Å²) in [4.78, 5) is 49.7. The van der Waals surface area contributed by atoms with Crippen LogP contribution in [0.15, 0.2) is 0 Å². The molecule has 10 heteroatoms. The molecule has 2 N–H and O–H groups in total. The van der Waals surface area contributed by atoms with Crippen LogP contribution >= 0.6 is 0 Å². The number of ether oxygens (including phenoxy) is 3. The lowest BCUT2D eigenvalue weighted by molar-refractivity contribution is -0.172. The van der Waals surface area contributed by atoms with E-state index in [1.165, 1.54) is 0 Å². The average molecular weight is 372 g/mol. The van der Waals surface area contributed by atoms with E-state index in [1.54, 1.807) is 27.7 Å². The van der Waals surface area contributed by atoms with E-state index in [9.17, 15) is 19.2 Å². The number of nitrogens with zero attached hydrogens (tertiary/aromatic N) is 1. The molecule has 0 bridgehead atoms. The Bertz CT molecular complexity index is 556. The van der Waals surface area contributed by atoms with Crippen LogP contribution < -0.4 is 5.32 Å². The monoisotopic (exact) mass is 372 g/mol. The first-order valence-electron chi connectivity index (χ1n) is 8.31. The number of rotatable bonds is 11. The topological polar surface area (TPSA) is 146 Å². The second-order valence-corrected chi connectivity index (χ2v) is 5.55. The van der Waals surface area contributed by atoms with Crippen molar-refractivity contribution in [2.45, 2.75) is 59.3 Å². The highest BCUT2D eigenvalue weighted by Crippen LogP contribution is 2.07. The summed E-state index contributed by atoms with van der Waals surface area (Å²) in [5.41, 5.74) is 6.59. The van der Waals surface area contributed by atoms with Gasteiger partial charge in [-0.1, -0.05) is 20.8 Å². The quantitative estimate of drug-likeness (QED) is 0.182. The molecule has 0 spiro atoms. The Morgan fingerprint density at radius 2 is 1.77 bits per heavy atom. The van der Waals surface area contributed by atoms with Crippen LogP contribution in [0.25, 0.3) is 0 Å².